The Hall–Kier alpha value is -7.97. The summed E-state index contributed by atoms with van der Waals surface area (Å²) in [6.45, 7) is 6.42. The number of rotatable bonds is 26. The fraction of sp³-hybridized carbons (Fsp3) is 0.328. The fourth-order valence-electron chi connectivity index (χ4n) is 8.63. The second-order valence-corrected chi connectivity index (χ2v) is 26.9. The van der Waals surface area contributed by atoms with Crippen molar-refractivity contribution in [1.29, 1.82) is 0 Å². The Bertz CT molecular complexity index is 4180. The van der Waals surface area contributed by atoms with Gasteiger partial charge in [-0.3, -0.25) is 18.2 Å². The monoisotopic (exact) mass is 1450 g/mol. The number of nitrogens with one attached hydrogen (secondary N) is 2. The first-order valence-electron chi connectivity index (χ1n) is 29.3. The van der Waals surface area contributed by atoms with E-state index >= 15 is 0 Å². The predicted molar refractivity (Wildman–Crippen MR) is 366 cm³/mol. The molecule has 8 rings (SSSR count). The van der Waals surface area contributed by atoms with Gasteiger partial charge in [0.25, 0.3) is 40.5 Å². The number of nitrogens with zero attached hydrogens (tertiary/aromatic N) is 8. The largest absolute Gasteiger partial charge is 0.505 e. The molecule has 0 aliphatic heterocycles. The summed E-state index contributed by atoms with van der Waals surface area (Å²) in [6.07, 6.45) is 0. The van der Waals surface area contributed by atoms with E-state index in [2.05, 4.69) is 31.1 Å². The molecule has 0 unspecified atom stereocenters. The Labute approximate surface area is 565 Å². The quantitative estimate of drug-likeness (QED) is 0.0256. The molecule has 0 fully saturated rings. The van der Waals surface area contributed by atoms with Crippen LogP contribution in [0.5, 0.6) is 11.5 Å². The van der Waals surface area contributed by atoms with Crippen LogP contribution in [0.2, 0.25) is 0 Å². The van der Waals surface area contributed by atoms with Gasteiger partial charge in [-0.15, -0.1) is 10.2 Å². The van der Waals surface area contributed by atoms with Crippen LogP contribution in [0.4, 0.5) is 38.9 Å². The second kappa shape index (κ2) is 39.0. The molecule has 0 atom stereocenters. The minimum atomic E-state index is -5.04. The number of aliphatic hydroxyl groups is 8. The van der Waals surface area contributed by atoms with Crippen molar-refractivity contribution < 1.29 is 108 Å². The average Bonchev–Trinajstić information content (AvgIpc) is 0.776. The van der Waals surface area contributed by atoms with Crippen LogP contribution in [-0.2, 0) is 40.5 Å². The molecule has 0 spiro atoms. The van der Waals surface area contributed by atoms with Crippen molar-refractivity contribution in [3.63, 3.8) is 0 Å². The molecule has 0 aliphatic rings. The minimum Gasteiger partial charge on any atom is -0.505 e. The first-order valence-corrected chi connectivity index (χ1v) is 35.0. The smallest absolute Gasteiger partial charge is 0.323 e. The lowest BCUT2D eigenvalue weighted by Gasteiger charge is -2.13. The van der Waals surface area contributed by atoms with Gasteiger partial charge in [-0.25, -0.2) is 4.79 Å². The third-order valence-corrected chi connectivity index (χ3v) is 17.2. The summed E-state index contributed by atoms with van der Waals surface area (Å²) in [6, 6.07) is 25.3. The van der Waals surface area contributed by atoms with Crippen molar-refractivity contribution in [3.8, 4) is 11.5 Å². The number of amides is 2. The molecule has 33 nitrogen and oxygen atoms in total. The molecule has 8 aromatic rings. The molecule has 536 valence electrons. The number of phenols is 2. The highest BCUT2D eigenvalue weighted by molar-refractivity contribution is 7.86. The number of aromatic hydroxyl groups is 2. The lowest BCUT2D eigenvalue weighted by Crippen LogP contribution is -2.25. The zero-order valence-corrected chi connectivity index (χ0v) is 56.8. The number of anilines is 2. The Morgan fingerprint density at radius 2 is 0.622 bits per heavy atom. The third kappa shape index (κ3) is 26.0. The summed E-state index contributed by atoms with van der Waals surface area (Å²) in [5.74, 6) is -1.39. The Morgan fingerprint density at radius 1 is 0.347 bits per heavy atom. The van der Waals surface area contributed by atoms with Crippen molar-refractivity contribution in [2.75, 3.05) is 144 Å². The van der Waals surface area contributed by atoms with Crippen LogP contribution >= 0.6 is 0 Å². The normalized spacial score (nSPS) is 12.0. The highest BCUT2D eigenvalue weighted by Gasteiger charge is 2.25. The van der Waals surface area contributed by atoms with Gasteiger partial charge in [0.2, 0.25) is 0 Å². The topological polar surface area (TPSA) is 523 Å². The first-order chi connectivity index (χ1) is 46.1. The van der Waals surface area contributed by atoms with Crippen molar-refractivity contribution >= 4 is 124 Å². The van der Waals surface area contributed by atoms with Gasteiger partial charge in [-0.2, -0.15) is 43.9 Å². The van der Waals surface area contributed by atoms with Crippen molar-refractivity contribution in [2.45, 2.75) is 19.6 Å². The van der Waals surface area contributed by atoms with Gasteiger partial charge in [-0.05, 0) is 158 Å². The zero-order valence-electron chi connectivity index (χ0n) is 53.5. The van der Waals surface area contributed by atoms with Crippen LogP contribution in [0.1, 0.15) is 0 Å². The van der Waals surface area contributed by atoms with E-state index in [1.54, 1.807) is 0 Å². The molecule has 98 heavy (non-hydrogen) atoms. The standard InChI is InChI=1S/C41H28N6O15S4.4C5H13NO2/c48-39-33-11-7-27(15-25(33)19-35(65(57,58)59)37(39)46-44-29-5-1-23-17-31(63(51,52)53)9-3-21(23)13-29)42-41(50)43-28-8-12-34-26(16-28)20-36(66(60,61)62)38(40(34)49)47-45-30-6-2-24-18-32(64(54,55)56)10-4-22(24)14-30;4*1-6(2-4-7)3-5-8/h1-20,48-49H,(H2,42,43,50)(H,51,52,53)(H,54,55,56)(H,57,58,59)(H,60,61,62);4*7-8H,2-5H2,1H3. The van der Waals surface area contributed by atoms with Crippen LogP contribution in [0.3, 0.4) is 0 Å². The van der Waals surface area contributed by atoms with Crippen LogP contribution in [0.15, 0.2) is 161 Å². The van der Waals surface area contributed by atoms with E-state index in [4.69, 9.17) is 40.9 Å². The maximum absolute atomic E-state index is 13.1. The number of hydrogen-bond donors (Lipinski definition) is 16. The third-order valence-electron chi connectivity index (χ3n) is 13.7. The molecule has 0 saturated heterocycles. The number of azo groups is 2. The number of phenolic OH excluding ortho intramolecular Hbond substituents is 2. The summed E-state index contributed by atoms with van der Waals surface area (Å²) in [4.78, 5) is 18.3. The predicted octanol–water partition coefficient (Wildman–Crippen LogP) is 4.78. The van der Waals surface area contributed by atoms with Gasteiger partial charge in [0.05, 0.1) is 74.0 Å². The van der Waals surface area contributed by atoms with Crippen molar-refractivity contribution in [3.05, 3.63) is 121 Å². The summed E-state index contributed by atoms with van der Waals surface area (Å²) in [7, 11) is -11.6. The van der Waals surface area contributed by atoms with Gasteiger partial charge >= 0.3 is 6.03 Å². The van der Waals surface area contributed by atoms with E-state index in [1.807, 2.05) is 47.8 Å². The lowest BCUT2D eigenvalue weighted by atomic mass is 10.1. The molecular formula is C61H80N10O23S4. The summed E-state index contributed by atoms with van der Waals surface area (Å²) < 4.78 is 135. The molecule has 0 bridgehead atoms. The number of benzene rings is 8. The summed E-state index contributed by atoms with van der Waals surface area (Å²) in [5, 5.41) is 112. The Morgan fingerprint density at radius 3 is 0.888 bits per heavy atom. The van der Waals surface area contributed by atoms with Gasteiger partial charge in [0.1, 0.15) is 21.2 Å². The molecule has 0 radical (unpaired) electrons. The van der Waals surface area contributed by atoms with Crippen LogP contribution in [-0.4, -0.2) is 262 Å². The molecule has 0 aromatic heterocycles. The Kier molecular flexibility index (Phi) is 32.8. The summed E-state index contributed by atoms with van der Waals surface area (Å²) >= 11 is 0. The van der Waals surface area contributed by atoms with Gasteiger partial charge in [-0.1, -0.05) is 24.3 Å². The number of carbonyl (C=O) groups excluding carboxylic acids is 1. The zero-order chi connectivity index (χ0) is 73.1. The second-order valence-electron chi connectivity index (χ2n) is 21.3. The lowest BCUT2D eigenvalue weighted by molar-refractivity contribution is 0.184. The molecule has 2 amide bonds. The molecule has 0 saturated carbocycles. The van der Waals surface area contributed by atoms with Crippen LogP contribution in [0, 0.1) is 0 Å². The molecule has 16 N–H and O–H groups in total. The Balaban J connectivity index is 0.000000524. The molecule has 0 aliphatic carbocycles. The number of fused-ring (bicyclic) bond motifs is 4. The first kappa shape index (κ1) is 82.5. The number of aliphatic hydroxyl groups excluding tert-OH is 8. The van der Waals surface area contributed by atoms with E-state index in [0.29, 0.717) is 73.9 Å². The van der Waals surface area contributed by atoms with Crippen molar-refractivity contribution in [2.24, 2.45) is 20.5 Å². The number of hydrogen-bond acceptors (Lipinski definition) is 27. The molecular weight excluding hydrogens is 1370 g/mol. The van der Waals surface area contributed by atoms with Gasteiger partial charge < -0.3 is 81.3 Å². The van der Waals surface area contributed by atoms with Gasteiger partial charge in [0.15, 0.2) is 11.5 Å². The molecule has 37 heteroatoms. The van der Waals surface area contributed by atoms with E-state index in [0.717, 1.165) is 24.3 Å². The van der Waals surface area contributed by atoms with E-state index in [-0.39, 0.29) is 107 Å². The number of carbonyl (C=O) groups is 1. The van der Waals surface area contributed by atoms with E-state index in [9.17, 15) is 66.9 Å². The minimum absolute atomic E-state index is 0.0268. The SMILES string of the molecule is CN(CCO)CCO.CN(CCO)CCO.CN(CCO)CCO.CN(CCO)CCO.O=C(Nc1ccc2c(O)c(N=Nc3ccc4cc(S(=O)(=O)O)ccc4c3)c(S(=O)(=O)O)cc2c1)Nc1ccc2c(O)c(N=Nc3ccc4cc(S(=O)(=O)O)ccc4c3)c(S(=O)(=O)O)cc2c1. The highest BCUT2D eigenvalue weighted by atomic mass is 32.2. The molecule has 8 aromatic carbocycles. The van der Waals surface area contributed by atoms with Gasteiger partial charge in [0, 0.05) is 74.5 Å². The average molecular weight is 1450 g/mol. The van der Waals surface area contributed by atoms with Crippen molar-refractivity contribution in [1.82, 2.24) is 19.6 Å². The summed E-state index contributed by atoms with van der Waals surface area (Å²) in [5.41, 5.74) is -0.812. The number of urea groups is 1. The van der Waals surface area contributed by atoms with Crippen LogP contribution in [0.25, 0.3) is 43.1 Å². The molecule has 0 heterocycles. The van der Waals surface area contributed by atoms with E-state index < -0.39 is 79.2 Å². The fourth-order valence-corrected chi connectivity index (χ4v) is 11.0. The maximum Gasteiger partial charge on any atom is 0.323 e. The number of likely N-dealkylation sites (N-methyl/N-ethyl adjacent to an activating group) is 4. The van der Waals surface area contributed by atoms with E-state index in [1.165, 1.54) is 97.1 Å². The maximum atomic E-state index is 13.1. The van der Waals surface area contributed by atoms with Crippen LogP contribution < -0.4 is 10.6 Å². The highest BCUT2D eigenvalue weighted by Crippen LogP contribution is 2.44.